The minimum absolute atomic E-state index is 0.0391. The highest BCUT2D eigenvalue weighted by Gasteiger charge is 2.17. The number of amides is 1. The smallest absolute Gasteiger partial charge is 0.220 e. The Balaban J connectivity index is 1.71. The van der Waals surface area contributed by atoms with Gasteiger partial charge in [-0.05, 0) is 42.5 Å². The fourth-order valence-electron chi connectivity index (χ4n) is 2.93. The van der Waals surface area contributed by atoms with Gasteiger partial charge in [0.25, 0.3) is 0 Å². The highest BCUT2D eigenvalue weighted by molar-refractivity contribution is 5.77. The van der Waals surface area contributed by atoms with Crippen LogP contribution in [0.2, 0.25) is 0 Å². The number of hydrogen-bond donors (Lipinski definition) is 1. The summed E-state index contributed by atoms with van der Waals surface area (Å²) >= 11 is 0. The fourth-order valence-corrected chi connectivity index (χ4v) is 2.93. The second kappa shape index (κ2) is 8.43. The molecular weight excluding hydrogens is 324 g/mol. The summed E-state index contributed by atoms with van der Waals surface area (Å²) < 4.78 is 1.74. The molecule has 1 heterocycles. The summed E-state index contributed by atoms with van der Waals surface area (Å²) in [6, 6.07) is 16.3. The Hall–Kier alpha value is -2.95. The first kappa shape index (κ1) is 17.9. The van der Waals surface area contributed by atoms with Gasteiger partial charge in [-0.15, -0.1) is 0 Å². The molecule has 2 aromatic carbocycles. The third-order valence-electron chi connectivity index (χ3n) is 4.56. The Bertz CT molecular complexity index is 844. The summed E-state index contributed by atoms with van der Waals surface area (Å²) in [5.41, 5.74) is 4.66. The first-order valence-corrected chi connectivity index (χ1v) is 8.87. The van der Waals surface area contributed by atoms with Crippen molar-refractivity contribution < 1.29 is 4.79 Å². The molecule has 0 saturated heterocycles. The molecule has 0 saturated carbocycles. The van der Waals surface area contributed by atoms with Gasteiger partial charge in [0.05, 0.1) is 6.04 Å². The van der Waals surface area contributed by atoms with Crippen molar-refractivity contribution in [1.29, 1.82) is 0 Å². The molecule has 5 nitrogen and oxygen atoms in total. The van der Waals surface area contributed by atoms with Crippen molar-refractivity contribution in [3.63, 3.8) is 0 Å². The lowest BCUT2D eigenvalue weighted by molar-refractivity contribution is -0.121. The number of nitrogens with zero attached hydrogens (tertiary/aromatic N) is 3. The zero-order valence-corrected chi connectivity index (χ0v) is 15.2. The lowest BCUT2D eigenvalue weighted by Crippen LogP contribution is -2.29. The largest absolute Gasteiger partial charge is 0.345 e. The van der Waals surface area contributed by atoms with E-state index in [9.17, 15) is 4.79 Å². The summed E-state index contributed by atoms with van der Waals surface area (Å²) in [5.74, 6) is 0.0391. The van der Waals surface area contributed by atoms with Crippen LogP contribution in [0.5, 0.6) is 0 Å². The van der Waals surface area contributed by atoms with Crippen LogP contribution in [0, 0.1) is 13.8 Å². The Labute approximate surface area is 154 Å². The van der Waals surface area contributed by atoms with Gasteiger partial charge < -0.3 is 5.32 Å². The summed E-state index contributed by atoms with van der Waals surface area (Å²) in [4.78, 5) is 16.4. The van der Waals surface area contributed by atoms with E-state index in [2.05, 4.69) is 59.6 Å². The van der Waals surface area contributed by atoms with E-state index < -0.39 is 0 Å². The van der Waals surface area contributed by atoms with Crippen molar-refractivity contribution in [3.05, 3.63) is 83.4 Å². The predicted molar refractivity (Wildman–Crippen MR) is 102 cm³/mol. The maximum atomic E-state index is 12.5. The lowest BCUT2D eigenvalue weighted by Gasteiger charge is -2.21. The molecule has 1 amide bonds. The van der Waals surface area contributed by atoms with Crippen LogP contribution < -0.4 is 5.32 Å². The standard InChI is InChI=1S/C21H24N4O/c1-16-10-11-19(13-17(16)2)21(18-7-4-3-5-8-18)24-20(26)9-6-12-25-15-22-14-23-25/h3-5,7-8,10-11,13-15,21H,6,9,12H2,1-2H3,(H,24,26)/t21-/m0/s1. The van der Waals surface area contributed by atoms with Crippen molar-refractivity contribution in [3.8, 4) is 0 Å². The van der Waals surface area contributed by atoms with Crippen molar-refractivity contribution in [1.82, 2.24) is 20.1 Å². The quantitative estimate of drug-likeness (QED) is 0.710. The van der Waals surface area contributed by atoms with Crippen molar-refractivity contribution >= 4 is 5.91 Å². The number of carbonyl (C=O) groups excluding carboxylic acids is 1. The van der Waals surface area contributed by atoms with Gasteiger partial charge in [0.15, 0.2) is 0 Å². The highest BCUT2D eigenvalue weighted by atomic mass is 16.1. The minimum Gasteiger partial charge on any atom is -0.345 e. The molecule has 3 rings (SSSR count). The molecule has 0 aliphatic carbocycles. The molecule has 0 aliphatic rings. The molecular formula is C21H24N4O. The topological polar surface area (TPSA) is 59.8 Å². The van der Waals surface area contributed by atoms with Gasteiger partial charge in [-0.25, -0.2) is 4.98 Å². The number of aryl methyl sites for hydroxylation is 3. The van der Waals surface area contributed by atoms with Crippen molar-refractivity contribution in [2.45, 2.75) is 39.3 Å². The van der Waals surface area contributed by atoms with Crippen LogP contribution in [-0.4, -0.2) is 20.7 Å². The van der Waals surface area contributed by atoms with E-state index in [4.69, 9.17) is 0 Å². The molecule has 0 aliphatic heterocycles. The van der Waals surface area contributed by atoms with Gasteiger partial charge >= 0.3 is 0 Å². The van der Waals surface area contributed by atoms with Crippen LogP contribution in [0.4, 0.5) is 0 Å². The Morgan fingerprint density at radius 3 is 2.58 bits per heavy atom. The van der Waals surface area contributed by atoms with Crippen LogP contribution in [0.25, 0.3) is 0 Å². The maximum Gasteiger partial charge on any atom is 0.220 e. The zero-order valence-electron chi connectivity index (χ0n) is 15.2. The van der Waals surface area contributed by atoms with Crippen LogP contribution in [0.15, 0.2) is 61.2 Å². The lowest BCUT2D eigenvalue weighted by atomic mass is 9.95. The SMILES string of the molecule is Cc1ccc([C@@H](NC(=O)CCCn2cncn2)c2ccccc2)cc1C. The summed E-state index contributed by atoms with van der Waals surface area (Å²) in [6.07, 6.45) is 4.35. The molecule has 26 heavy (non-hydrogen) atoms. The second-order valence-electron chi connectivity index (χ2n) is 6.52. The van der Waals surface area contributed by atoms with Crippen molar-refractivity contribution in [2.75, 3.05) is 0 Å². The van der Waals surface area contributed by atoms with Gasteiger partial charge in [-0.2, -0.15) is 5.10 Å². The molecule has 0 spiro atoms. The van der Waals surface area contributed by atoms with E-state index in [1.54, 1.807) is 11.0 Å². The molecule has 134 valence electrons. The zero-order chi connectivity index (χ0) is 18.4. The minimum atomic E-state index is -0.144. The number of carbonyl (C=O) groups is 1. The van der Waals surface area contributed by atoms with Crippen LogP contribution in [0.1, 0.15) is 41.1 Å². The Kier molecular flexibility index (Phi) is 5.79. The molecule has 5 heteroatoms. The third-order valence-corrected chi connectivity index (χ3v) is 4.56. The second-order valence-corrected chi connectivity index (χ2v) is 6.52. The molecule has 0 fully saturated rings. The Morgan fingerprint density at radius 1 is 1.08 bits per heavy atom. The monoisotopic (exact) mass is 348 g/mol. The van der Waals surface area contributed by atoms with Crippen LogP contribution in [-0.2, 0) is 11.3 Å². The number of hydrogen-bond acceptors (Lipinski definition) is 3. The predicted octanol–water partition coefficient (Wildman–Crippen LogP) is 3.58. The number of nitrogens with one attached hydrogen (secondary N) is 1. The van der Waals surface area contributed by atoms with Gasteiger partial charge in [0.2, 0.25) is 5.91 Å². The number of rotatable bonds is 7. The maximum absolute atomic E-state index is 12.5. The molecule has 1 atom stereocenters. The van der Waals surface area contributed by atoms with Gasteiger partial charge in [-0.1, -0.05) is 48.5 Å². The van der Waals surface area contributed by atoms with E-state index in [1.165, 1.54) is 17.5 Å². The first-order chi connectivity index (χ1) is 12.6. The molecule has 0 radical (unpaired) electrons. The van der Waals surface area contributed by atoms with E-state index in [0.29, 0.717) is 13.0 Å². The third kappa shape index (κ3) is 4.57. The van der Waals surface area contributed by atoms with E-state index in [-0.39, 0.29) is 11.9 Å². The number of benzene rings is 2. The van der Waals surface area contributed by atoms with E-state index >= 15 is 0 Å². The van der Waals surface area contributed by atoms with Crippen molar-refractivity contribution in [2.24, 2.45) is 0 Å². The van der Waals surface area contributed by atoms with Gasteiger partial charge in [0.1, 0.15) is 12.7 Å². The molecule has 0 unspecified atom stereocenters. The summed E-state index contributed by atoms with van der Waals surface area (Å²) in [5, 5.41) is 7.25. The molecule has 1 aromatic heterocycles. The van der Waals surface area contributed by atoms with Gasteiger partial charge in [0, 0.05) is 13.0 Å². The molecule has 1 N–H and O–H groups in total. The van der Waals surface area contributed by atoms with Crippen LogP contribution in [0.3, 0.4) is 0 Å². The van der Waals surface area contributed by atoms with Crippen LogP contribution >= 0.6 is 0 Å². The highest BCUT2D eigenvalue weighted by Crippen LogP contribution is 2.24. The number of aromatic nitrogens is 3. The summed E-state index contributed by atoms with van der Waals surface area (Å²) in [6.45, 7) is 4.88. The average Bonchev–Trinajstić information content (AvgIpc) is 3.16. The first-order valence-electron chi connectivity index (χ1n) is 8.87. The van der Waals surface area contributed by atoms with E-state index in [1.807, 2.05) is 18.2 Å². The van der Waals surface area contributed by atoms with Gasteiger partial charge in [-0.3, -0.25) is 9.48 Å². The normalized spacial score (nSPS) is 11.9. The Morgan fingerprint density at radius 2 is 1.88 bits per heavy atom. The van der Waals surface area contributed by atoms with E-state index in [0.717, 1.165) is 17.5 Å². The molecule has 0 bridgehead atoms. The molecule has 3 aromatic rings. The average molecular weight is 348 g/mol. The fraction of sp³-hybridized carbons (Fsp3) is 0.286. The summed E-state index contributed by atoms with van der Waals surface area (Å²) in [7, 11) is 0.